The Labute approximate surface area is 117 Å². The predicted octanol–water partition coefficient (Wildman–Crippen LogP) is 4.30. The third-order valence-electron chi connectivity index (χ3n) is 3.31. The molecule has 3 rings (SSSR count). The van der Waals surface area contributed by atoms with Gasteiger partial charge in [-0.15, -0.1) is 0 Å². The summed E-state index contributed by atoms with van der Waals surface area (Å²) in [6.07, 6.45) is 1.92. The number of allylic oxidation sites excluding steroid dienone is 1. The van der Waals surface area contributed by atoms with Gasteiger partial charge < -0.3 is 4.98 Å². The van der Waals surface area contributed by atoms with Gasteiger partial charge in [-0.2, -0.15) is 0 Å². The van der Waals surface area contributed by atoms with Gasteiger partial charge in [-0.25, -0.2) is 0 Å². The lowest BCUT2D eigenvalue weighted by Gasteiger charge is -2.01. The van der Waals surface area contributed by atoms with E-state index in [1.165, 1.54) is 0 Å². The molecule has 0 saturated carbocycles. The lowest BCUT2D eigenvalue weighted by molar-refractivity contribution is -0.111. The highest BCUT2D eigenvalue weighted by Crippen LogP contribution is 2.23. The summed E-state index contributed by atoms with van der Waals surface area (Å²) < 4.78 is 0. The van der Waals surface area contributed by atoms with Gasteiger partial charge in [0, 0.05) is 16.5 Å². The van der Waals surface area contributed by atoms with Crippen molar-refractivity contribution in [1.82, 2.24) is 4.98 Å². The van der Waals surface area contributed by atoms with E-state index in [1.807, 2.05) is 66.7 Å². The molecule has 0 bridgehead atoms. The molecule has 0 aliphatic carbocycles. The minimum Gasteiger partial charge on any atom is -0.354 e. The maximum absolute atomic E-state index is 11.9. The fourth-order valence-corrected chi connectivity index (χ4v) is 2.30. The van der Waals surface area contributed by atoms with E-state index < -0.39 is 0 Å². The molecular formula is C18H15NO. The molecule has 0 aliphatic rings. The van der Waals surface area contributed by atoms with E-state index in [4.69, 9.17) is 0 Å². The Morgan fingerprint density at radius 1 is 1.00 bits per heavy atom. The highest BCUT2D eigenvalue weighted by molar-refractivity contribution is 6.24. The Hall–Kier alpha value is -2.61. The van der Waals surface area contributed by atoms with E-state index in [-0.39, 0.29) is 5.78 Å². The van der Waals surface area contributed by atoms with Crippen LogP contribution in [0, 0.1) is 0 Å². The Morgan fingerprint density at radius 2 is 1.70 bits per heavy atom. The van der Waals surface area contributed by atoms with E-state index >= 15 is 0 Å². The lowest BCUT2D eigenvalue weighted by atomic mass is 10.0. The predicted molar refractivity (Wildman–Crippen MR) is 83.3 cm³/mol. The average Bonchev–Trinajstić information content (AvgIpc) is 2.89. The van der Waals surface area contributed by atoms with E-state index in [9.17, 15) is 4.79 Å². The smallest absolute Gasteiger partial charge is 0.161 e. The van der Waals surface area contributed by atoms with Crippen LogP contribution in [0.5, 0.6) is 0 Å². The van der Waals surface area contributed by atoms with Crippen LogP contribution >= 0.6 is 0 Å². The van der Waals surface area contributed by atoms with Gasteiger partial charge in [0.05, 0.1) is 5.69 Å². The molecule has 2 aromatic carbocycles. The molecule has 0 spiro atoms. The summed E-state index contributed by atoms with van der Waals surface area (Å²) >= 11 is 0. The normalized spacial score (nSPS) is 11.8. The van der Waals surface area contributed by atoms with Gasteiger partial charge in [0.25, 0.3) is 0 Å². The second kappa shape index (κ2) is 5.17. The Morgan fingerprint density at radius 3 is 2.40 bits per heavy atom. The van der Waals surface area contributed by atoms with Crippen LogP contribution in [0.15, 0.2) is 60.7 Å². The molecular weight excluding hydrogens is 246 g/mol. The van der Waals surface area contributed by atoms with E-state index in [2.05, 4.69) is 4.98 Å². The fourth-order valence-electron chi connectivity index (χ4n) is 2.30. The van der Waals surface area contributed by atoms with Crippen LogP contribution in [0.3, 0.4) is 0 Å². The number of rotatable bonds is 3. The number of aromatic nitrogens is 1. The number of carbonyl (C=O) groups excluding carboxylic acids is 1. The first-order chi connectivity index (χ1) is 9.74. The van der Waals surface area contributed by atoms with Gasteiger partial charge in [-0.3, -0.25) is 4.79 Å². The number of Topliss-reactive ketones (excluding diaryl/α,β-unsaturated/α-hetero) is 1. The Bertz CT molecular complexity index is 748. The molecule has 1 aromatic heterocycles. The van der Waals surface area contributed by atoms with Crippen molar-refractivity contribution >= 4 is 28.3 Å². The molecule has 0 atom stereocenters. The average molecular weight is 261 g/mol. The van der Waals surface area contributed by atoms with Crippen molar-refractivity contribution in [2.45, 2.75) is 6.92 Å². The van der Waals surface area contributed by atoms with Crippen molar-refractivity contribution in [3.63, 3.8) is 0 Å². The number of benzene rings is 2. The topological polar surface area (TPSA) is 32.9 Å². The monoisotopic (exact) mass is 261 g/mol. The number of para-hydroxylation sites is 1. The van der Waals surface area contributed by atoms with Crippen LogP contribution in [0.25, 0.3) is 22.6 Å². The van der Waals surface area contributed by atoms with Crippen molar-refractivity contribution < 1.29 is 4.79 Å². The minimum absolute atomic E-state index is 0.0559. The third kappa shape index (κ3) is 2.41. The van der Waals surface area contributed by atoms with Gasteiger partial charge in [-0.1, -0.05) is 48.5 Å². The molecule has 0 amide bonds. The first kappa shape index (κ1) is 12.4. The molecule has 98 valence electrons. The summed E-state index contributed by atoms with van der Waals surface area (Å²) in [5, 5.41) is 1.11. The Balaban J connectivity index is 2.11. The van der Waals surface area contributed by atoms with Crippen molar-refractivity contribution in [1.29, 1.82) is 0 Å². The number of aromatic amines is 1. The molecule has 0 unspecified atom stereocenters. The van der Waals surface area contributed by atoms with Gasteiger partial charge in [0.15, 0.2) is 5.78 Å². The van der Waals surface area contributed by atoms with Crippen LogP contribution < -0.4 is 0 Å². The van der Waals surface area contributed by atoms with Gasteiger partial charge in [0.1, 0.15) is 0 Å². The molecule has 1 N–H and O–H groups in total. The Kier molecular flexibility index (Phi) is 3.21. The van der Waals surface area contributed by atoms with Crippen LogP contribution in [0.4, 0.5) is 0 Å². The largest absolute Gasteiger partial charge is 0.354 e. The summed E-state index contributed by atoms with van der Waals surface area (Å²) in [5.41, 5.74) is 3.63. The summed E-state index contributed by atoms with van der Waals surface area (Å²) in [5.74, 6) is 0.0559. The summed E-state index contributed by atoms with van der Waals surface area (Å²) in [7, 11) is 0. The van der Waals surface area contributed by atoms with E-state index in [0.29, 0.717) is 5.57 Å². The number of hydrogen-bond donors (Lipinski definition) is 1. The number of carbonyl (C=O) groups is 1. The first-order valence-electron chi connectivity index (χ1n) is 6.60. The van der Waals surface area contributed by atoms with Crippen molar-refractivity contribution in [3.8, 4) is 0 Å². The second-order valence-electron chi connectivity index (χ2n) is 4.80. The molecule has 3 aromatic rings. The fraction of sp³-hybridized carbons (Fsp3) is 0.0556. The first-order valence-corrected chi connectivity index (χ1v) is 6.60. The molecule has 2 heteroatoms. The number of nitrogens with one attached hydrogen (secondary N) is 1. The quantitative estimate of drug-likeness (QED) is 0.701. The molecule has 0 radical (unpaired) electrons. The highest BCUT2D eigenvalue weighted by Gasteiger charge is 2.10. The zero-order valence-corrected chi connectivity index (χ0v) is 11.3. The maximum atomic E-state index is 11.9. The summed E-state index contributed by atoms with van der Waals surface area (Å²) in [6, 6.07) is 19.9. The van der Waals surface area contributed by atoms with Gasteiger partial charge in [-0.05, 0) is 30.7 Å². The number of H-pyrrole nitrogens is 1. The molecule has 2 nitrogen and oxygen atoms in total. The maximum Gasteiger partial charge on any atom is 0.161 e. The minimum atomic E-state index is 0.0559. The van der Waals surface area contributed by atoms with Gasteiger partial charge in [0.2, 0.25) is 0 Å². The molecule has 0 fully saturated rings. The van der Waals surface area contributed by atoms with Gasteiger partial charge >= 0.3 is 0 Å². The van der Waals surface area contributed by atoms with Crippen molar-refractivity contribution in [3.05, 3.63) is 71.9 Å². The molecule has 0 saturated heterocycles. The molecule has 20 heavy (non-hydrogen) atoms. The zero-order chi connectivity index (χ0) is 13.9. The van der Waals surface area contributed by atoms with Crippen molar-refractivity contribution in [2.24, 2.45) is 0 Å². The SMILES string of the molecule is CC(=O)/C(=C\c1ccccc1)c1cc2ccccc2[nH]1. The highest BCUT2D eigenvalue weighted by atomic mass is 16.1. The lowest BCUT2D eigenvalue weighted by Crippen LogP contribution is -1.96. The van der Waals surface area contributed by atoms with E-state index in [0.717, 1.165) is 22.2 Å². The zero-order valence-electron chi connectivity index (χ0n) is 11.3. The molecule has 0 aliphatic heterocycles. The van der Waals surface area contributed by atoms with Crippen LogP contribution in [-0.2, 0) is 4.79 Å². The van der Waals surface area contributed by atoms with Crippen molar-refractivity contribution in [2.75, 3.05) is 0 Å². The second-order valence-corrected chi connectivity index (χ2v) is 4.80. The van der Waals surface area contributed by atoms with Crippen LogP contribution in [0.1, 0.15) is 18.2 Å². The standard InChI is InChI=1S/C18H15NO/c1-13(20)16(11-14-7-3-2-4-8-14)18-12-15-9-5-6-10-17(15)19-18/h2-12,19H,1H3/b16-11+. The summed E-state index contributed by atoms with van der Waals surface area (Å²) in [6.45, 7) is 1.60. The number of ketones is 1. The van der Waals surface area contributed by atoms with Crippen LogP contribution in [0.2, 0.25) is 0 Å². The van der Waals surface area contributed by atoms with Crippen LogP contribution in [-0.4, -0.2) is 10.8 Å². The summed E-state index contributed by atoms with van der Waals surface area (Å²) in [4.78, 5) is 15.2. The number of fused-ring (bicyclic) bond motifs is 1. The number of hydrogen-bond acceptors (Lipinski definition) is 1. The molecule has 1 heterocycles. The third-order valence-corrected chi connectivity index (χ3v) is 3.31. The van der Waals surface area contributed by atoms with E-state index in [1.54, 1.807) is 6.92 Å².